The van der Waals surface area contributed by atoms with E-state index >= 15 is 0 Å². The fourth-order valence-electron chi connectivity index (χ4n) is 2.35. The molecular formula is C18H20ClNO4S. The van der Waals surface area contributed by atoms with Gasteiger partial charge in [-0.05, 0) is 24.0 Å². The summed E-state index contributed by atoms with van der Waals surface area (Å²) in [4.78, 5) is 12.0. The molecule has 1 amide bonds. The summed E-state index contributed by atoms with van der Waals surface area (Å²) in [7, 11) is 1.61. The molecule has 1 atom stereocenters. The minimum absolute atomic E-state index is 0.117. The smallest absolute Gasteiger partial charge is 0.407 e. The highest BCUT2D eigenvalue weighted by Crippen LogP contribution is 2.10. The van der Waals surface area contributed by atoms with Gasteiger partial charge >= 0.3 is 6.09 Å². The van der Waals surface area contributed by atoms with Crippen molar-refractivity contribution in [3.05, 3.63) is 71.8 Å². The molecule has 0 saturated carbocycles. The van der Waals surface area contributed by atoms with Gasteiger partial charge in [0.1, 0.15) is 6.61 Å². The molecule has 0 aliphatic heterocycles. The van der Waals surface area contributed by atoms with Crippen molar-refractivity contribution in [2.75, 3.05) is 5.75 Å². The van der Waals surface area contributed by atoms with Crippen LogP contribution in [0.15, 0.2) is 60.7 Å². The van der Waals surface area contributed by atoms with Crippen molar-refractivity contribution >= 4 is 25.8 Å². The minimum atomic E-state index is -3.74. The Balaban J connectivity index is 1.89. The van der Waals surface area contributed by atoms with Crippen molar-refractivity contribution in [2.24, 2.45) is 0 Å². The molecule has 1 N–H and O–H groups in total. The Labute approximate surface area is 152 Å². The SMILES string of the molecule is O=C(NC(CCc1ccccc1)CS(=O)(=O)Cl)OCc1ccccc1. The van der Waals surface area contributed by atoms with Gasteiger partial charge < -0.3 is 10.1 Å². The molecule has 0 radical (unpaired) electrons. The maximum atomic E-state index is 12.0. The van der Waals surface area contributed by atoms with Gasteiger partial charge in [0.05, 0.1) is 5.75 Å². The molecule has 0 spiro atoms. The van der Waals surface area contributed by atoms with E-state index in [2.05, 4.69) is 5.32 Å². The minimum Gasteiger partial charge on any atom is -0.445 e. The molecule has 0 aliphatic rings. The van der Waals surface area contributed by atoms with Gasteiger partial charge in [-0.25, -0.2) is 13.2 Å². The van der Waals surface area contributed by atoms with Crippen LogP contribution in [-0.2, 0) is 26.8 Å². The maximum absolute atomic E-state index is 12.0. The molecular weight excluding hydrogens is 362 g/mol. The average Bonchev–Trinajstić information content (AvgIpc) is 2.58. The molecule has 2 rings (SSSR count). The molecule has 134 valence electrons. The first-order chi connectivity index (χ1) is 11.9. The number of rotatable bonds is 8. The van der Waals surface area contributed by atoms with Crippen LogP contribution in [0, 0.1) is 0 Å². The fourth-order valence-corrected chi connectivity index (χ4v) is 3.54. The molecule has 1 unspecified atom stereocenters. The Morgan fingerprint density at radius 3 is 2.12 bits per heavy atom. The first-order valence-corrected chi connectivity index (χ1v) is 10.3. The Morgan fingerprint density at radius 1 is 1.00 bits per heavy atom. The van der Waals surface area contributed by atoms with Gasteiger partial charge in [0.25, 0.3) is 0 Å². The quantitative estimate of drug-likeness (QED) is 0.710. The van der Waals surface area contributed by atoms with Crippen LogP contribution in [-0.4, -0.2) is 26.3 Å². The van der Waals surface area contributed by atoms with Crippen LogP contribution in [0.3, 0.4) is 0 Å². The molecule has 0 heterocycles. The molecule has 2 aromatic rings. The number of amides is 1. The standard InChI is InChI=1S/C18H20ClNO4S/c19-25(22,23)14-17(12-11-15-7-3-1-4-8-15)20-18(21)24-13-16-9-5-2-6-10-16/h1-10,17H,11-14H2,(H,20,21). The van der Waals surface area contributed by atoms with E-state index in [1.807, 2.05) is 60.7 Å². The monoisotopic (exact) mass is 381 g/mol. The van der Waals surface area contributed by atoms with Crippen LogP contribution in [0.5, 0.6) is 0 Å². The van der Waals surface area contributed by atoms with Gasteiger partial charge in [-0.3, -0.25) is 0 Å². The molecule has 0 saturated heterocycles. The van der Waals surface area contributed by atoms with Crippen molar-refractivity contribution in [1.29, 1.82) is 0 Å². The van der Waals surface area contributed by atoms with Crippen molar-refractivity contribution in [1.82, 2.24) is 5.32 Å². The van der Waals surface area contributed by atoms with E-state index in [0.29, 0.717) is 12.8 Å². The zero-order valence-corrected chi connectivity index (χ0v) is 15.2. The number of alkyl carbamates (subject to hydrolysis) is 1. The van der Waals surface area contributed by atoms with Gasteiger partial charge in [-0.15, -0.1) is 0 Å². The largest absolute Gasteiger partial charge is 0.445 e. The van der Waals surface area contributed by atoms with Crippen LogP contribution in [0.25, 0.3) is 0 Å². The van der Waals surface area contributed by atoms with E-state index in [1.54, 1.807) is 0 Å². The first kappa shape index (κ1) is 19.3. The molecule has 7 heteroatoms. The van der Waals surface area contributed by atoms with Crippen molar-refractivity contribution in [3.63, 3.8) is 0 Å². The van der Waals surface area contributed by atoms with E-state index in [-0.39, 0.29) is 12.4 Å². The predicted molar refractivity (Wildman–Crippen MR) is 98.0 cm³/mol. The summed E-state index contributed by atoms with van der Waals surface area (Å²) < 4.78 is 27.9. The number of nitrogens with one attached hydrogen (secondary N) is 1. The molecule has 0 aromatic heterocycles. The van der Waals surface area contributed by atoms with E-state index in [4.69, 9.17) is 15.4 Å². The van der Waals surface area contributed by atoms with Gasteiger partial charge in [-0.1, -0.05) is 60.7 Å². The molecule has 2 aromatic carbocycles. The van der Waals surface area contributed by atoms with Crippen LogP contribution < -0.4 is 5.32 Å². The number of aryl methyl sites for hydroxylation is 1. The highest BCUT2D eigenvalue weighted by atomic mass is 35.7. The second-order valence-electron chi connectivity index (χ2n) is 5.63. The molecule has 0 bridgehead atoms. The van der Waals surface area contributed by atoms with Crippen molar-refractivity contribution in [3.8, 4) is 0 Å². The summed E-state index contributed by atoms with van der Waals surface area (Å²) in [6.45, 7) is 0.117. The zero-order valence-electron chi connectivity index (χ0n) is 13.6. The van der Waals surface area contributed by atoms with E-state index < -0.39 is 21.2 Å². The number of benzene rings is 2. The summed E-state index contributed by atoms with van der Waals surface area (Å²) in [5.41, 5.74) is 1.90. The second kappa shape index (κ2) is 9.44. The van der Waals surface area contributed by atoms with Crippen LogP contribution in [0.1, 0.15) is 17.5 Å². The van der Waals surface area contributed by atoms with E-state index in [1.165, 1.54) is 0 Å². The summed E-state index contributed by atoms with van der Waals surface area (Å²) in [5.74, 6) is -0.345. The van der Waals surface area contributed by atoms with Crippen molar-refractivity contribution in [2.45, 2.75) is 25.5 Å². The summed E-state index contributed by atoms with van der Waals surface area (Å²) in [6.07, 6.45) is 0.398. The number of hydrogen-bond donors (Lipinski definition) is 1. The number of halogens is 1. The lowest BCUT2D eigenvalue weighted by Gasteiger charge is -2.17. The summed E-state index contributed by atoms with van der Waals surface area (Å²) in [6, 6.07) is 18.2. The highest BCUT2D eigenvalue weighted by Gasteiger charge is 2.20. The lowest BCUT2D eigenvalue weighted by atomic mass is 10.1. The molecule has 0 fully saturated rings. The van der Waals surface area contributed by atoms with Gasteiger partial charge in [0.2, 0.25) is 9.05 Å². The fraction of sp³-hybridized carbons (Fsp3) is 0.278. The molecule has 0 aliphatic carbocycles. The zero-order chi connectivity index (χ0) is 18.1. The second-order valence-corrected chi connectivity index (χ2v) is 8.45. The third-order valence-corrected chi connectivity index (χ3v) is 4.74. The third kappa shape index (κ3) is 8.05. The highest BCUT2D eigenvalue weighted by molar-refractivity contribution is 8.13. The Kier molecular flexibility index (Phi) is 7.28. The Bertz CT molecular complexity index is 766. The van der Waals surface area contributed by atoms with Crippen LogP contribution in [0.2, 0.25) is 0 Å². The lowest BCUT2D eigenvalue weighted by Crippen LogP contribution is -2.39. The van der Waals surface area contributed by atoms with Gasteiger partial charge in [0, 0.05) is 16.7 Å². The van der Waals surface area contributed by atoms with Gasteiger partial charge in [0.15, 0.2) is 0 Å². The normalized spacial score (nSPS) is 12.4. The predicted octanol–water partition coefficient (Wildman–Crippen LogP) is 3.48. The number of carbonyl (C=O) groups excluding carboxylic acids is 1. The number of hydrogen-bond acceptors (Lipinski definition) is 4. The van der Waals surface area contributed by atoms with Crippen LogP contribution in [0.4, 0.5) is 4.79 Å². The summed E-state index contributed by atoms with van der Waals surface area (Å²) in [5, 5.41) is 2.59. The first-order valence-electron chi connectivity index (χ1n) is 7.86. The van der Waals surface area contributed by atoms with E-state index in [9.17, 15) is 13.2 Å². The van der Waals surface area contributed by atoms with E-state index in [0.717, 1.165) is 11.1 Å². The third-order valence-electron chi connectivity index (χ3n) is 3.56. The van der Waals surface area contributed by atoms with Crippen molar-refractivity contribution < 1.29 is 17.9 Å². The van der Waals surface area contributed by atoms with Crippen LogP contribution >= 0.6 is 10.7 Å². The van der Waals surface area contributed by atoms with Gasteiger partial charge in [-0.2, -0.15) is 0 Å². The Hall–Kier alpha value is -2.05. The summed E-state index contributed by atoms with van der Waals surface area (Å²) >= 11 is 0. The topological polar surface area (TPSA) is 72.5 Å². The average molecular weight is 382 g/mol. The number of carbonyl (C=O) groups is 1. The molecule has 25 heavy (non-hydrogen) atoms. The maximum Gasteiger partial charge on any atom is 0.407 e. The molecule has 5 nitrogen and oxygen atoms in total. The Morgan fingerprint density at radius 2 is 1.56 bits per heavy atom. The number of ether oxygens (including phenoxy) is 1. The lowest BCUT2D eigenvalue weighted by molar-refractivity contribution is 0.136.